The summed E-state index contributed by atoms with van der Waals surface area (Å²) in [5, 5.41) is 0. The van der Waals surface area contributed by atoms with Gasteiger partial charge in [-0.05, 0) is 30.7 Å². The van der Waals surface area contributed by atoms with Crippen LogP contribution in [0.15, 0.2) is 12.3 Å². The molecule has 17 heavy (non-hydrogen) atoms. The molecule has 1 saturated carbocycles. The summed E-state index contributed by atoms with van der Waals surface area (Å²) in [6.07, 6.45) is 3.05. The van der Waals surface area contributed by atoms with Gasteiger partial charge in [-0.2, -0.15) is 0 Å². The van der Waals surface area contributed by atoms with Gasteiger partial charge in [0.15, 0.2) is 0 Å². The van der Waals surface area contributed by atoms with Gasteiger partial charge in [0.2, 0.25) is 0 Å². The second kappa shape index (κ2) is 3.95. The first kappa shape index (κ1) is 11.0. The van der Waals surface area contributed by atoms with E-state index in [1.54, 1.807) is 0 Å². The molecular formula is C13H20N4. The largest absolute Gasteiger partial charge is 0.356 e. The fraction of sp³-hybridized carbons (Fsp3) is 0.692. The number of anilines is 1. The van der Waals surface area contributed by atoms with E-state index < -0.39 is 0 Å². The first-order chi connectivity index (χ1) is 8.20. The van der Waals surface area contributed by atoms with Gasteiger partial charge in [-0.15, -0.1) is 0 Å². The quantitative estimate of drug-likeness (QED) is 0.832. The van der Waals surface area contributed by atoms with E-state index in [-0.39, 0.29) is 0 Å². The second-order valence-corrected chi connectivity index (χ2v) is 5.34. The lowest BCUT2D eigenvalue weighted by Gasteiger charge is -2.45. The van der Waals surface area contributed by atoms with Gasteiger partial charge in [-0.3, -0.25) is 0 Å². The fourth-order valence-corrected chi connectivity index (χ4v) is 3.55. The van der Waals surface area contributed by atoms with Crippen molar-refractivity contribution in [2.45, 2.75) is 26.3 Å². The number of nitrogens with two attached hydrogens (primary N) is 1. The molecule has 2 fully saturated rings. The summed E-state index contributed by atoms with van der Waals surface area (Å²) in [4.78, 5) is 11.0. The molecule has 0 radical (unpaired) electrons. The lowest BCUT2D eigenvalue weighted by molar-refractivity contribution is 0.0781. The van der Waals surface area contributed by atoms with Gasteiger partial charge in [-0.25, -0.2) is 9.97 Å². The van der Waals surface area contributed by atoms with Crippen LogP contribution in [0.25, 0.3) is 0 Å². The number of fused-ring (bicyclic) bond motifs is 1. The molecule has 0 aromatic carbocycles. The van der Waals surface area contributed by atoms with Gasteiger partial charge in [0.05, 0.1) is 0 Å². The van der Waals surface area contributed by atoms with Crippen LogP contribution in [0, 0.1) is 24.7 Å². The zero-order chi connectivity index (χ0) is 12.0. The Morgan fingerprint density at radius 1 is 1.41 bits per heavy atom. The van der Waals surface area contributed by atoms with Crippen molar-refractivity contribution in [1.82, 2.24) is 9.97 Å². The number of hydrogen-bond donors (Lipinski definition) is 1. The van der Waals surface area contributed by atoms with Gasteiger partial charge >= 0.3 is 0 Å². The predicted octanol–water partition coefficient (Wildman–Crippen LogP) is 1.20. The zero-order valence-corrected chi connectivity index (χ0v) is 10.5. The summed E-state index contributed by atoms with van der Waals surface area (Å²) in [6.45, 7) is 6.37. The van der Waals surface area contributed by atoms with Crippen LogP contribution >= 0.6 is 0 Å². The lowest BCUT2D eigenvalue weighted by atomic mass is 9.62. The summed E-state index contributed by atoms with van der Waals surface area (Å²) in [5.41, 5.74) is 6.23. The van der Waals surface area contributed by atoms with Crippen LogP contribution in [0.3, 0.4) is 0 Å². The van der Waals surface area contributed by atoms with Crippen molar-refractivity contribution in [2.75, 3.05) is 18.0 Å². The molecule has 92 valence electrons. The van der Waals surface area contributed by atoms with Gasteiger partial charge < -0.3 is 10.6 Å². The molecule has 1 aromatic heterocycles. The molecule has 4 atom stereocenters. The maximum Gasteiger partial charge on any atom is 0.132 e. The van der Waals surface area contributed by atoms with Gasteiger partial charge in [-0.1, -0.05) is 13.3 Å². The molecule has 2 unspecified atom stereocenters. The lowest BCUT2D eigenvalue weighted by Crippen LogP contribution is -2.55. The molecule has 0 amide bonds. The molecule has 2 N–H and O–H groups in total. The van der Waals surface area contributed by atoms with E-state index >= 15 is 0 Å². The van der Waals surface area contributed by atoms with E-state index in [0.29, 0.717) is 17.9 Å². The Morgan fingerprint density at radius 2 is 2.18 bits per heavy atom. The Balaban J connectivity index is 1.77. The van der Waals surface area contributed by atoms with Crippen LogP contribution < -0.4 is 10.6 Å². The van der Waals surface area contributed by atoms with Crippen LogP contribution in [0.1, 0.15) is 19.2 Å². The Morgan fingerprint density at radius 3 is 2.88 bits per heavy atom. The molecule has 0 bridgehead atoms. The standard InChI is InChI=1S/C13H20N4/c1-3-9-10-6-17(7-11(10)13(9)14)12-4-5-15-8(2)16-12/h4-5,9-11,13H,3,6-7,14H2,1-2H3/t9?,10?,11-,13-/m1/s1. The fourth-order valence-electron chi connectivity index (χ4n) is 3.55. The normalized spacial score (nSPS) is 35.6. The molecule has 1 aromatic rings. The van der Waals surface area contributed by atoms with E-state index in [1.165, 1.54) is 6.42 Å². The minimum Gasteiger partial charge on any atom is -0.356 e. The van der Waals surface area contributed by atoms with Crippen LogP contribution in [-0.2, 0) is 0 Å². The van der Waals surface area contributed by atoms with E-state index in [4.69, 9.17) is 5.73 Å². The highest BCUT2D eigenvalue weighted by Gasteiger charge is 2.52. The smallest absolute Gasteiger partial charge is 0.132 e. The van der Waals surface area contributed by atoms with E-state index in [2.05, 4.69) is 21.8 Å². The summed E-state index contributed by atoms with van der Waals surface area (Å²) < 4.78 is 0. The molecule has 0 spiro atoms. The second-order valence-electron chi connectivity index (χ2n) is 5.34. The highest BCUT2D eigenvalue weighted by Crippen LogP contribution is 2.46. The average molecular weight is 232 g/mol. The summed E-state index contributed by atoms with van der Waals surface area (Å²) in [7, 11) is 0. The third-order valence-corrected chi connectivity index (χ3v) is 4.51. The first-order valence-electron chi connectivity index (χ1n) is 6.51. The third-order valence-electron chi connectivity index (χ3n) is 4.51. The van der Waals surface area contributed by atoms with Crippen LogP contribution in [0.4, 0.5) is 5.82 Å². The Kier molecular flexibility index (Phi) is 2.54. The number of hydrogen-bond acceptors (Lipinski definition) is 4. The Labute approximate surface area is 102 Å². The van der Waals surface area contributed by atoms with Crippen LogP contribution in [0.5, 0.6) is 0 Å². The zero-order valence-electron chi connectivity index (χ0n) is 10.5. The van der Waals surface area contributed by atoms with Crippen molar-refractivity contribution < 1.29 is 0 Å². The van der Waals surface area contributed by atoms with Gasteiger partial charge in [0.1, 0.15) is 11.6 Å². The van der Waals surface area contributed by atoms with Gasteiger partial charge in [0.25, 0.3) is 0 Å². The maximum absolute atomic E-state index is 6.23. The van der Waals surface area contributed by atoms with Crippen LogP contribution in [-0.4, -0.2) is 29.1 Å². The van der Waals surface area contributed by atoms with Gasteiger partial charge in [0, 0.05) is 25.3 Å². The summed E-state index contributed by atoms with van der Waals surface area (Å²) >= 11 is 0. The molecule has 3 rings (SSSR count). The minimum absolute atomic E-state index is 0.401. The van der Waals surface area contributed by atoms with Crippen molar-refractivity contribution in [2.24, 2.45) is 23.5 Å². The minimum atomic E-state index is 0.401. The number of nitrogens with zero attached hydrogens (tertiary/aromatic N) is 3. The SMILES string of the molecule is CCC1C2CN(c3ccnc(C)n3)C[C@H]2[C@@H]1N. The molecule has 4 nitrogen and oxygen atoms in total. The van der Waals surface area contributed by atoms with Crippen molar-refractivity contribution >= 4 is 5.82 Å². The Hall–Kier alpha value is -1.16. The highest BCUT2D eigenvalue weighted by atomic mass is 15.2. The highest BCUT2D eigenvalue weighted by molar-refractivity contribution is 5.40. The number of aryl methyl sites for hydroxylation is 1. The molecule has 4 heteroatoms. The molecule has 1 aliphatic heterocycles. The first-order valence-corrected chi connectivity index (χ1v) is 6.51. The monoisotopic (exact) mass is 232 g/mol. The van der Waals surface area contributed by atoms with Crippen molar-refractivity contribution in [1.29, 1.82) is 0 Å². The van der Waals surface area contributed by atoms with Crippen molar-refractivity contribution in [3.8, 4) is 0 Å². The van der Waals surface area contributed by atoms with E-state index in [1.807, 2.05) is 19.2 Å². The molecule has 2 heterocycles. The summed E-state index contributed by atoms with van der Waals surface area (Å²) in [5.74, 6) is 4.08. The van der Waals surface area contributed by atoms with Crippen molar-refractivity contribution in [3.05, 3.63) is 18.1 Å². The number of rotatable bonds is 2. The molecule has 1 aliphatic carbocycles. The summed E-state index contributed by atoms with van der Waals surface area (Å²) in [6, 6.07) is 2.41. The van der Waals surface area contributed by atoms with E-state index in [9.17, 15) is 0 Å². The maximum atomic E-state index is 6.23. The Bertz CT molecular complexity index is 420. The molecule has 2 aliphatic rings. The van der Waals surface area contributed by atoms with Crippen LogP contribution in [0.2, 0.25) is 0 Å². The van der Waals surface area contributed by atoms with Crippen molar-refractivity contribution in [3.63, 3.8) is 0 Å². The topological polar surface area (TPSA) is 55.0 Å². The van der Waals surface area contributed by atoms with E-state index in [0.717, 1.165) is 30.6 Å². The predicted molar refractivity (Wildman–Crippen MR) is 67.7 cm³/mol. The average Bonchev–Trinajstić information content (AvgIpc) is 2.70. The molecule has 1 saturated heterocycles. The molecular weight excluding hydrogens is 212 g/mol. The number of aromatic nitrogens is 2. The third kappa shape index (κ3) is 1.62.